The summed E-state index contributed by atoms with van der Waals surface area (Å²) in [7, 11) is 0. The van der Waals surface area contributed by atoms with Gasteiger partial charge < -0.3 is 96.7 Å². The smallest absolute Gasteiger partial charge is 0.248 e. The van der Waals surface area contributed by atoms with Gasteiger partial charge in [-0.2, -0.15) is 0 Å². The average molecular weight is 1300 g/mol. The van der Waals surface area contributed by atoms with Crippen LogP contribution in [0.4, 0.5) is 0 Å². The lowest BCUT2D eigenvalue weighted by atomic mass is 9.86. The van der Waals surface area contributed by atoms with E-state index in [2.05, 4.69) is 63.5 Å². The number of carbonyl (C=O) groups excluding carboxylic acids is 12. The van der Waals surface area contributed by atoms with Crippen LogP contribution in [0.3, 0.4) is 0 Å². The van der Waals surface area contributed by atoms with Crippen molar-refractivity contribution in [1.29, 1.82) is 0 Å². The number of rotatable bonds is 20. The molecule has 1 heterocycles. The van der Waals surface area contributed by atoms with E-state index in [-0.39, 0.29) is 62.5 Å². The zero-order valence-corrected chi connectivity index (χ0v) is 55.7. The molecule has 92 heavy (non-hydrogen) atoms. The fourth-order valence-electron chi connectivity index (χ4n) is 9.72. The minimum atomic E-state index is -2.49. The molecule has 0 bridgehead atoms. The highest BCUT2D eigenvalue weighted by molar-refractivity contribution is 6.01. The van der Waals surface area contributed by atoms with Crippen LogP contribution in [0.2, 0.25) is 0 Å². The molecule has 1 aliphatic rings. The molecule has 0 saturated carbocycles. The topological polar surface area (TPSA) is 514 Å². The Bertz CT molecular complexity index is 2750. The number of aliphatic hydroxyl groups excluding tert-OH is 3. The maximum atomic E-state index is 15.5. The number of nitrogens with one attached hydrogen (secondary N) is 11. The van der Waals surface area contributed by atoms with E-state index >= 15 is 9.59 Å². The Morgan fingerprint density at radius 1 is 0.587 bits per heavy atom. The summed E-state index contributed by atoms with van der Waals surface area (Å²) in [6.07, 6.45) is -5.78. The first-order chi connectivity index (χ1) is 42.5. The number of hydrogen-bond acceptors (Lipinski definition) is 17. The molecule has 31 heteroatoms. The molecule has 2 rings (SSSR count). The van der Waals surface area contributed by atoms with E-state index in [0.29, 0.717) is 0 Å². The molecule has 0 aliphatic carbocycles. The molecule has 0 spiro atoms. The van der Waals surface area contributed by atoms with Gasteiger partial charge in [-0.3, -0.25) is 62.5 Å². The van der Waals surface area contributed by atoms with Crippen LogP contribution in [0.15, 0.2) is 35.3 Å². The van der Waals surface area contributed by atoms with Crippen LogP contribution in [0, 0.1) is 28.6 Å². The van der Waals surface area contributed by atoms with Crippen LogP contribution in [-0.4, -0.2) is 183 Å². The number of guanidine groups is 1. The van der Waals surface area contributed by atoms with Crippen molar-refractivity contribution in [2.75, 3.05) is 6.54 Å². The first-order valence-corrected chi connectivity index (χ1v) is 31.0. The van der Waals surface area contributed by atoms with Gasteiger partial charge in [-0.1, -0.05) is 120 Å². The van der Waals surface area contributed by atoms with Crippen LogP contribution < -0.4 is 81.4 Å². The van der Waals surface area contributed by atoms with Crippen LogP contribution in [0.1, 0.15) is 154 Å². The Hall–Kier alpha value is -8.03. The second-order valence-corrected chi connectivity index (χ2v) is 26.9. The number of hydrogen-bond donors (Lipinski definition) is 18. The minimum absolute atomic E-state index is 0.0358. The Labute approximate surface area is 538 Å². The van der Waals surface area contributed by atoms with E-state index in [4.69, 9.17) is 22.9 Å². The van der Waals surface area contributed by atoms with Gasteiger partial charge in [0, 0.05) is 6.54 Å². The quantitative estimate of drug-likeness (QED) is 0.0340. The number of aliphatic hydroxyl groups is 3. The molecule has 22 N–H and O–H groups in total. The van der Waals surface area contributed by atoms with Crippen molar-refractivity contribution < 1.29 is 72.9 Å². The van der Waals surface area contributed by atoms with Crippen molar-refractivity contribution in [2.45, 2.75) is 233 Å². The molecule has 1 unspecified atom stereocenters. The van der Waals surface area contributed by atoms with E-state index in [1.54, 1.807) is 54.5 Å². The monoisotopic (exact) mass is 1300 g/mol. The van der Waals surface area contributed by atoms with Gasteiger partial charge >= 0.3 is 0 Å². The summed E-state index contributed by atoms with van der Waals surface area (Å²) >= 11 is 0. The summed E-state index contributed by atoms with van der Waals surface area (Å²) in [5.74, 6) is -15.6. The van der Waals surface area contributed by atoms with Crippen molar-refractivity contribution in [1.82, 2.24) is 58.5 Å². The van der Waals surface area contributed by atoms with Gasteiger partial charge in [0.05, 0.1) is 24.3 Å². The number of nitrogens with two attached hydrogens (primary N) is 4. The highest BCUT2D eigenvalue weighted by Gasteiger charge is 2.43. The molecule has 12 amide bonds. The van der Waals surface area contributed by atoms with Crippen molar-refractivity contribution in [2.24, 2.45) is 56.5 Å². The molecule has 518 valence electrons. The van der Waals surface area contributed by atoms with Gasteiger partial charge in [-0.25, -0.2) is 0 Å². The molecular weight excluding hydrogens is 1200 g/mol. The lowest BCUT2D eigenvalue weighted by Crippen LogP contribution is -2.65. The number of aliphatic imine (C=N–C) groups is 1. The summed E-state index contributed by atoms with van der Waals surface area (Å²) in [6, 6.07) is -12.7. The third-order valence-corrected chi connectivity index (χ3v) is 15.1. The molecule has 1 fully saturated rings. The number of amides is 12. The highest BCUT2D eigenvalue weighted by atomic mass is 16.3. The third kappa shape index (κ3) is 26.3. The Kier molecular flexibility index (Phi) is 31.6. The zero-order chi connectivity index (χ0) is 70.4. The van der Waals surface area contributed by atoms with E-state index in [0.717, 1.165) is 20.8 Å². The van der Waals surface area contributed by atoms with Crippen LogP contribution in [0.25, 0.3) is 0 Å². The van der Waals surface area contributed by atoms with Gasteiger partial charge in [-0.15, -0.1) is 0 Å². The lowest BCUT2D eigenvalue weighted by Gasteiger charge is -2.35. The van der Waals surface area contributed by atoms with Crippen molar-refractivity contribution in [3.8, 4) is 0 Å². The predicted molar refractivity (Wildman–Crippen MR) is 341 cm³/mol. The summed E-state index contributed by atoms with van der Waals surface area (Å²) in [5.41, 5.74) is 21.9. The van der Waals surface area contributed by atoms with Gasteiger partial charge in [0.25, 0.3) is 0 Å². The van der Waals surface area contributed by atoms with E-state index in [1.807, 2.05) is 20.8 Å². The van der Waals surface area contributed by atoms with Crippen molar-refractivity contribution in [3.05, 3.63) is 35.9 Å². The van der Waals surface area contributed by atoms with E-state index in [9.17, 15) is 63.3 Å². The normalized spacial score (nSPS) is 25.5. The van der Waals surface area contributed by atoms with Gasteiger partial charge in [0.15, 0.2) is 12.1 Å². The van der Waals surface area contributed by atoms with Crippen molar-refractivity contribution >= 4 is 76.8 Å². The van der Waals surface area contributed by atoms with Gasteiger partial charge in [0.1, 0.15) is 60.4 Å². The standard InChI is InChI=1S/C61H104N16O15/c1-16-30(6)39-54(88)73-40(33(9)78)55(89)67-32(8)49(83)76-44(46(80)47(63)81)57(91)68-31(7)48(82)74-41(34-21-18-17-19-22-34)42(75-53(87)38(27-61(13,14)15)71-50(84)35(62)26-60(10,11)12)56(90)77-43(45(79)29(4)5)58(92)70-37(25-28(2)3)52(86)69-36(51(85)72-39)23-20-24-66-59(64)65/h17-19,21-22,28-33,35-46,78-80H,16,20,23-27,62H2,1-15H3,(H2,63,81)(H,67,89)(H,68,91)(H,69,86)(H,70,92)(H,71,84)(H,72,85)(H,73,88)(H,74,82)(H,75,87)(H,76,83)(H,77,90)(H4,64,65,66)/t30-,31-,32+,33-,35+,36+,37-,38-,39-,40-,41+,42-,43-,44?,45+,46-/m0/s1. The number of primary amides is 1. The SMILES string of the molecule is CC[C@H](C)[C@@H]1NC(=O)[C@@H](CCCN=C(N)N)NC(=O)[C@H](CC(C)C)NC(=O)[C@H]([C@H](O)C(C)C)NC(=O)[C@@H](NC(=O)[C@H](CC(C)(C)C)NC(=O)[C@H](N)CC(C)(C)C)[C@@H](c2ccccc2)NC(=O)[C@H](C)NC(=O)C([C@H](O)C(N)=O)NC(=O)[C@@H](C)NC(=O)[C@H]([C@H](C)O)NC1=O. The minimum Gasteiger partial charge on any atom is -0.391 e. The lowest BCUT2D eigenvalue weighted by molar-refractivity contribution is -0.140. The fraction of sp³-hybridized carbons (Fsp3) is 0.689. The highest BCUT2D eigenvalue weighted by Crippen LogP contribution is 2.25. The van der Waals surface area contributed by atoms with E-state index in [1.165, 1.54) is 38.1 Å². The molecule has 1 aromatic rings. The fourth-order valence-corrected chi connectivity index (χ4v) is 9.72. The third-order valence-electron chi connectivity index (χ3n) is 15.1. The maximum absolute atomic E-state index is 15.5. The van der Waals surface area contributed by atoms with Gasteiger partial charge in [-0.05, 0) is 87.0 Å². The number of nitrogens with zero attached hydrogens (tertiary/aromatic N) is 1. The summed E-state index contributed by atoms with van der Waals surface area (Å²) in [4.78, 5) is 176. The summed E-state index contributed by atoms with van der Waals surface area (Å²) < 4.78 is 0. The summed E-state index contributed by atoms with van der Waals surface area (Å²) in [6.45, 7) is 24.0. The molecule has 0 aromatic heterocycles. The molecular formula is C61H104N16O15. The van der Waals surface area contributed by atoms with Crippen LogP contribution >= 0.6 is 0 Å². The van der Waals surface area contributed by atoms with Crippen molar-refractivity contribution in [3.63, 3.8) is 0 Å². The number of benzene rings is 1. The Morgan fingerprint density at radius 3 is 1.57 bits per heavy atom. The molecule has 1 saturated heterocycles. The van der Waals surface area contributed by atoms with E-state index < -0.39 is 184 Å². The molecule has 1 aliphatic heterocycles. The van der Waals surface area contributed by atoms with Gasteiger partial charge in [0.2, 0.25) is 70.9 Å². The second kappa shape index (κ2) is 36.3. The molecule has 16 atom stereocenters. The Balaban J connectivity index is 3.16. The molecule has 0 radical (unpaired) electrons. The summed E-state index contributed by atoms with van der Waals surface area (Å²) in [5, 5.41) is 61.3. The molecule has 31 nitrogen and oxygen atoms in total. The zero-order valence-electron chi connectivity index (χ0n) is 55.7. The maximum Gasteiger partial charge on any atom is 0.248 e. The first kappa shape index (κ1) is 80.1. The Morgan fingerprint density at radius 2 is 1.07 bits per heavy atom. The molecule has 1 aromatic carbocycles. The first-order valence-electron chi connectivity index (χ1n) is 31.0. The number of carbonyl (C=O) groups is 12. The van der Waals surface area contributed by atoms with Crippen LogP contribution in [0.5, 0.6) is 0 Å². The average Bonchev–Trinajstić information content (AvgIpc) is 0.871. The predicted octanol–water partition coefficient (Wildman–Crippen LogP) is -3.67. The van der Waals surface area contributed by atoms with Crippen LogP contribution in [-0.2, 0) is 57.5 Å². The second-order valence-electron chi connectivity index (χ2n) is 26.9. The largest absolute Gasteiger partial charge is 0.391 e.